The molecular formula is C29H38N4O2. The Balaban J connectivity index is 1.81. The number of rotatable bonds is 8. The summed E-state index contributed by atoms with van der Waals surface area (Å²) in [7, 11) is 0. The third-order valence-corrected chi connectivity index (χ3v) is 6.99. The van der Waals surface area contributed by atoms with Crippen LogP contribution >= 0.6 is 0 Å². The number of nitrogens with one attached hydrogen (secondary N) is 1. The van der Waals surface area contributed by atoms with Crippen molar-refractivity contribution in [3.63, 3.8) is 0 Å². The van der Waals surface area contributed by atoms with Gasteiger partial charge in [0.05, 0.1) is 5.56 Å². The molecule has 0 fully saturated rings. The molecule has 1 aliphatic rings. The molecule has 1 amide bonds. The van der Waals surface area contributed by atoms with E-state index in [1.807, 2.05) is 6.92 Å². The minimum Gasteiger partial charge on any atom is -0.355 e. The van der Waals surface area contributed by atoms with Gasteiger partial charge in [0, 0.05) is 25.2 Å². The van der Waals surface area contributed by atoms with Gasteiger partial charge < -0.3 is 15.6 Å². The molecule has 35 heavy (non-hydrogen) atoms. The van der Waals surface area contributed by atoms with Crippen LogP contribution in [0.3, 0.4) is 0 Å². The lowest BCUT2D eigenvalue weighted by Gasteiger charge is -2.29. The van der Waals surface area contributed by atoms with E-state index in [1.165, 1.54) is 22.3 Å². The van der Waals surface area contributed by atoms with Crippen molar-refractivity contribution in [3.05, 3.63) is 63.8 Å². The topological polar surface area (TPSA) is 84.4 Å². The molecule has 3 aromatic rings. The van der Waals surface area contributed by atoms with Crippen molar-refractivity contribution in [2.75, 3.05) is 26.2 Å². The predicted molar refractivity (Wildman–Crippen MR) is 142 cm³/mol. The molecule has 6 heteroatoms. The largest absolute Gasteiger partial charge is 0.355 e. The number of carbonyl (C=O) groups excluding carboxylic acids is 1. The van der Waals surface area contributed by atoms with E-state index in [4.69, 9.17) is 10.3 Å². The maximum Gasteiger partial charge on any atom is 0.274 e. The molecular weight excluding hydrogens is 436 g/mol. The lowest BCUT2D eigenvalue weighted by atomic mass is 9.88. The predicted octanol–water partition coefficient (Wildman–Crippen LogP) is 5.21. The van der Waals surface area contributed by atoms with Crippen LogP contribution in [0.15, 0.2) is 34.9 Å². The molecule has 6 nitrogen and oxygen atoms in total. The molecule has 3 N–H and O–H groups in total. The van der Waals surface area contributed by atoms with Crippen molar-refractivity contribution in [2.24, 2.45) is 5.73 Å². The Morgan fingerprint density at radius 3 is 2.69 bits per heavy atom. The molecule has 2 aromatic carbocycles. The minimum absolute atomic E-state index is 0.211. The molecule has 1 aromatic heterocycles. The number of nitrogens with zero attached hydrogens (tertiary/aromatic N) is 2. The van der Waals surface area contributed by atoms with Gasteiger partial charge in [0.15, 0.2) is 11.5 Å². The van der Waals surface area contributed by atoms with E-state index in [9.17, 15) is 4.79 Å². The van der Waals surface area contributed by atoms with Crippen molar-refractivity contribution in [1.29, 1.82) is 0 Å². The highest BCUT2D eigenvalue weighted by atomic mass is 16.5. The first kappa shape index (κ1) is 25.1. The van der Waals surface area contributed by atoms with Crippen molar-refractivity contribution >= 4 is 5.91 Å². The minimum atomic E-state index is -0.211. The number of benzene rings is 2. The summed E-state index contributed by atoms with van der Waals surface area (Å²) >= 11 is 0. The number of carbonyl (C=O) groups is 1. The molecule has 0 aliphatic carbocycles. The molecule has 4 rings (SSSR count). The van der Waals surface area contributed by atoms with E-state index < -0.39 is 0 Å². The Hall–Kier alpha value is -2.96. The van der Waals surface area contributed by atoms with Crippen LogP contribution in [-0.2, 0) is 13.0 Å². The fourth-order valence-electron chi connectivity index (χ4n) is 5.15. The number of aromatic nitrogens is 1. The van der Waals surface area contributed by atoms with Crippen LogP contribution in [0.5, 0.6) is 0 Å². The Kier molecular flexibility index (Phi) is 7.72. The van der Waals surface area contributed by atoms with Crippen LogP contribution in [0.4, 0.5) is 0 Å². The van der Waals surface area contributed by atoms with Crippen LogP contribution < -0.4 is 11.1 Å². The second kappa shape index (κ2) is 10.8. The summed E-state index contributed by atoms with van der Waals surface area (Å²) in [6.45, 7) is 14.8. The highest BCUT2D eigenvalue weighted by Gasteiger charge is 2.27. The lowest BCUT2D eigenvalue weighted by Crippen LogP contribution is -2.32. The zero-order chi connectivity index (χ0) is 25.1. The smallest absolute Gasteiger partial charge is 0.274 e. The zero-order valence-electron chi connectivity index (χ0n) is 21.7. The van der Waals surface area contributed by atoms with Gasteiger partial charge in [-0.1, -0.05) is 43.3 Å². The highest BCUT2D eigenvalue weighted by Crippen LogP contribution is 2.39. The van der Waals surface area contributed by atoms with Gasteiger partial charge in [-0.3, -0.25) is 9.69 Å². The summed E-state index contributed by atoms with van der Waals surface area (Å²) in [6.07, 6.45) is 1.99. The van der Waals surface area contributed by atoms with E-state index in [1.54, 1.807) is 0 Å². The fraction of sp³-hybridized carbons (Fsp3) is 0.448. The molecule has 1 aliphatic heterocycles. The van der Waals surface area contributed by atoms with Gasteiger partial charge >= 0.3 is 0 Å². The molecule has 0 unspecified atom stereocenters. The third kappa shape index (κ3) is 5.19. The molecule has 0 bridgehead atoms. The molecule has 0 radical (unpaired) electrons. The normalized spacial score (nSPS) is 13.8. The fourth-order valence-corrected chi connectivity index (χ4v) is 5.15. The van der Waals surface area contributed by atoms with Crippen LogP contribution in [0.1, 0.15) is 71.4 Å². The van der Waals surface area contributed by atoms with Crippen LogP contribution in [0, 0.1) is 13.8 Å². The Morgan fingerprint density at radius 2 is 1.97 bits per heavy atom. The SMILES string of the molecule is CCNC(=O)c1noc(-c2cc(C(C)C)c(C)cc2C)c1-c1ccc2c(c1)CCN(CCCN)C2. The summed E-state index contributed by atoms with van der Waals surface area (Å²) in [6, 6.07) is 10.9. The van der Waals surface area contributed by atoms with Gasteiger partial charge in [0.25, 0.3) is 5.91 Å². The first-order chi connectivity index (χ1) is 16.8. The standard InChI is InChI=1S/C29H38N4O2/c1-6-31-29(34)27-26(22-8-9-23-17-33(12-7-11-30)13-10-21(23)15-22)28(35-32-27)25-16-24(18(2)3)19(4)14-20(25)5/h8-9,14-16,18H,6-7,10-13,17,30H2,1-5H3,(H,31,34). The number of hydrogen-bond acceptors (Lipinski definition) is 5. The monoisotopic (exact) mass is 474 g/mol. The second-order valence-electron chi connectivity index (χ2n) is 9.93. The van der Waals surface area contributed by atoms with Crippen LogP contribution in [0.25, 0.3) is 22.5 Å². The maximum absolute atomic E-state index is 13.0. The molecule has 0 atom stereocenters. The van der Waals surface area contributed by atoms with E-state index >= 15 is 0 Å². The number of fused-ring (bicyclic) bond motifs is 1. The summed E-state index contributed by atoms with van der Waals surface area (Å²) in [5, 5.41) is 7.18. The summed E-state index contributed by atoms with van der Waals surface area (Å²) in [5.41, 5.74) is 15.1. The zero-order valence-corrected chi connectivity index (χ0v) is 21.7. The molecule has 186 valence electrons. The Morgan fingerprint density at radius 1 is 1.17 bits per heavy atom. The van der Waals surface area contributed by atoms with Gasteiger partial charge in [-0.15, -0.1) is 0 Å². The van der Waals surface area contributed by atoms with Crippen LogP contribution in [-0.4, -0.2) is 42.1 Å². The van der Waals surface area contributed by atoms with Crippen molar-refractivity contribution in [3.8, 4) is 22.5 Å². The van der Waals surface area contributed by atoms with E-state index in [-0.39, 0.29) is 5.91 Å². The first-order valence-electron chi connectivity index (χ1n) is 12.8. The summed E-state index contributed by atoms with van der Waals surface area (Å²) in [4.78, 5) is 15.4. The summed E-state index contributed by atoms with van der Waals surface area (Å²) < 4.78 is 5.93. The van der Waals surface area contributed by atoms with E-state index in [0.29, 0.717) is 23.9 Å². The van der Waals surface area contributed by atoms with Gasteiger partial charge in [-0.25, -0.2) is 0 Å². The molecule has 0 saturated heterocycles. The van der Waals surface area contributed by atoms with Crippen molar-refractivity contribution in [2.45, 2.75) is 59.9 Å². The van der Waals surface area contributed by atoms with E-state index in [2.05, 4.69) is 73.4 Å². The van der Waals surface area contributed by atoms with E-state index in [0.717, 1.165) is 61.3 Å². The van der Waals surface area contributed by atoms with Crippen molar-refractivity contribution in [1.82, 2.24) is 15.4 Å². The first-order valence-corrected chi connectivity index (χ1v) is 12.8. The Labute approximate surface area is 208 Å². The average molecular weight is 475 g/mol. The van der Waals surface area contributed by atoms with Crippen molar-refractivity contribution < 1.29 is 9.32 Å². The average Bonchev–Trinajstić information content (AvgIpc) is 3.27. The van der Waals surface area contributed by atoms with Crippen LogP contribution in [0.2, 0.25) is 0 Å². The Bertz CT molecular complexity index is 1210. The van der Waals surface area contributed by atoms with Gasteiger partial charge in [-0.2, -0.15) is 0 Å². The number of nitrogens with two attached hydrogens (primary N) is 1. The molecule has 0 saturated carbocycles. The highest BCUT2D eigenvalue weighted by molar-refractivity contribution is 6.02. The third-order valence-electron chi connectivity index (χ3n) is 6.99. The van der Waals surface area contributed by atoms with Gasteiger partial charge in [-0.05, 0) is 92.1 Å². The van der Waals surface area contributed by atoms with Gasteiger partial charge in [0.2, 0.25) is 0 Å². The number of amides is 1. The lowest BCUT2D eigenvalue weighted by molar-refractivity contribution is 0.0947. The quantitative estimate of drug-likeness (QED) is 0.468. The number of hydrogen-bond donors (Lipinski definition) is 2. The second-order valence-corrected chi connectivity index (χ2v) is 9.93. The molecule has 0 spiro atoms. The summed E-state index contributed by atoms with van der Waals surface area (Å²) in [5.74, 6) is 0.831. The van der Waals surface area contributed by atoms with Gasteiger partial charge in [0.1, 0.15) is 0 Å². The molecule has 2 heterocycles. The maximum atomic E-state index is 13.0. The number of aryl methyl sites for hydroxylation is 2.